The molecule has 0 spiro atoms. The summed E-state index contributed by atoms with van der Waals surface area (Å²) in [6.07, 6.45) is 5.12. The Morgan fingerprint density at radius 2 is 2.14 bits per heavy atom. The zero-order chi connectivity index (χ0) is 25.9. The van der Waals surface area contributed by atoms with Gasteiger partial charge < -0.3 is 25.4 Å². The molecule has 0 aromatic carbocycles. The number of carbonyl (C=O) groups excluding carboxylic acids is 1. The number of aryl methyl sites for hydroxylation is 3. The molecule has 1 amide bonds. The van der Waals surface area contributed by atoms with Crippen LogP contribution in [0.5, 0.6) is 0 Å². The number of pyridine rings is 1. The maximum Gasteiger partial charge on any atom is 0.326 e. The molecule has 0 fully saturated rings. The summed E-state index contributed by atoms with van der Waals surface area (Å²) in [5, 5.41) is 19.5. The minimum atomic E-state index is -1.18. The lowest BCUT2D eigenvalue weighted by Gasteiger charge is -2.25. The number of amides is 1. The van der Waals surface area contributed by atoms with Gasteiger partial charge in [0.2, 0.25) is 0 Å². The number of ether oxygens (including phenoxy) is 1. The minimum Gasteiger partial charge on any atom is -0.480 e. The van der Waals surface area contributed by atoms with Crippen LogP contribution in [0.1, 0.15) is 47.4 Å². The van der Waals surface area contributed by atoms with Crippen LogP contribution in [0.3, 0.4) is 0 Å². The number of carboxylic acids is 1. The summed E-state index contributed by atoms with van der Waals surface area (Å²) in [5.41, 5.74) is 2.56. The Hall–Kier alpha value is -3.05. The van der Waals surface area contributed by atoms with Crippen LogP contribution in [0.25, 0.3) is 0 Å². The predicted octanol–water partition coefficient (Wildman–Crippen LogP) is 2.06. The number of fused-ring (bicyclic) bond motifs is 1. The molecule has 36 heavy (non-hydrogen) atoms. The van der Waals surface area contributed by atoms with Crippen LogP contribution >= 0.6 is 0 Å². The Morgan fingerprint density at radius 3 is 2.86 bits per heavy atom. The Labute approximate surface area is 211 Å². The number of hydrogen-bond donors (Lipinski definition) is 3. The lowest BCUT2D eigenvalue weighted by Crippen LogP contribution is -2.44. The highest BCUT2D eigenvalue weighted by Gasteiger charge is 2.24. The first-order chi connectivity index (χ1) is 17.4. The van der Waals surface area contributed by atoms with E-state index in [1.807, 2.05) is 4.90 Å². The van der Waals surface area contributed by atoms with Gasteiger partial charge in [0.1, 0.15) is 23.7 Å². The van der Waals surface area contributed by atoms with E-state index in [4.69, 9.17) is 9.72 Å². The van der Waals surface area contributed by atoms with E-state index in [-0.39, 0.29) is 25.3 Å². The lowest BCUT2D eigenvalue weighted by molar-refractivity contribution is -0.139. The van der Waals surface area contributed by atoms with Crippen molar-refractivity contribution < 1.29 is 23.8 Å². The summed E-state index contributed by atoms with van der Waals surface area (Å²) in [5.74, 6) is -0.664. The number of hydrogen-bond acceptors (Lipinski definition) is 7. The first-order valence-corrected chi connectivity index (χ1v) is 12.5. The van der Waals surface area contributed by atoms with Crippen LogP contribution in [0.4, 0.5) is 10.2 Å². The molecule has 1 aliphatic rings. The zero-order valence-electron chi connectivity index (χ0n) is 21.1. The number of anilines is 1. The summed E-state index contributed by atoms with van der Waals surface area (Å²) in [4.78, 5) is 30.9. The molecule has 11 heteroatoms. The van der Waals surface area contributed by atoms with Crippen LogP contribution < -0.4 is 10.6 Å². The molecule has 1 aliphatic heterocycles. The average molecular weight is 505 g/mol. The van der Waals surface area contributed by atoms with E-state index >= 15 is 0 Å². The van der Waals surface area contributed by atoms with Crippen molar-refractivity contribution >= 4 is 17.7 Å². The Bertz CT molecular complexity index is 1000. The summed E-state index contributed by atoms with van der Waals surface area (Å²) < 4.78 is 20.6. The maximum absolute atomic E-state index is 14.3. The van der Waals surface area contributed by atoms with Gasteiger partial charge in [0, 0.05) is 45.7 Å². The van der Waals surface area contributed by atoms with Crippen molar-refractivity contribution in [2.75, 3.05) is 45.2 Å². The van der Waals surface area contributed by atoms with E-state index in [2.05, 4.69) is 27.9 Å². The quantitative estimate of drug-likeness (QED) is 0.315. The molecule has 0 bridgehead atoms. The average Bonchev–Trinajstić information content (AvgIpc) is 3.29. The summed E-state index contributed by atoms with van der Waals surface area (Å²) in [7, 11) is 3.06. The lowest BCUT2D eigenvalue weighted by atomic mass is 10.1. The predicted molar refractivity (Wildman–Crippen MR) is 134 cm³/mol. The number of rotatable bonds is 15. The van der Waals surface area contributed by atoms with Crippen LogP contribution in [0.2, 0.25) is 0 Å². The van der Waals surface area contributed by atoms with Gasteiger partial charge in [0.05, 0.1) is 6.61 Å². The summed E-state index contributed by atoms with van der Waals surface area (Å²) in [6, 6.07) is 4.64. The van der Waals surface area contributed by atoms with Gasteiger partial charge in [0.15, 0.2) is 0 Å². The second-order valence-electron chi connectivity index (χ2n) is 9.14. The normalized spacial score (nSPS) is 14.7. The third kappa shape index (κ3) is 8.27. The number of nitrogens with zero attached hydrogens (tertiary/aromatic N) is 4. The third-order valence-corrected chi connectivity index (χ3v) is 6.30. The van der Waals surface area contributed by atoms with Crippen molar-refractivity contribution in [3.05, 3.63) is 41.3 Å². The molecule has 0 aliphatic carbocycles. The molecule has 198 valence electrons. The number of nitrogens with one attached hydrogen (secondary N) is 2. The molecule has 3 heterocycles. The Morgan fingerprint density at radius 1 is 1.31 bits per heavy atom. The van der Waals surface area contributed by atoms with E-state index in [1.165, 1.54) is 29.6 Å². The zero-order valence-corrected chi connectivity index (χ0v) is 21.1. The van der Waals surface area contributed by atoms with Crippen molar-refractivity contribution in [2.45, 2.75) is 50.7 Å². The third-order valence-electron chi connectivity index (χ3n) is 6.30. The summed E-state index contributed by atoms with van der Waals surface area (Å²) >= 11 is 0. The Balaban J connectivity index is 1.51. The number of unbranched alkanes of at least 4 members (excludes halogenated alkanes) is 1. The number of carbonyl (C=O) groups is 2. The van der Waals surface area contributed by atoms with Crippen molar-refractivity contribution in [3.63, 3.8) is 0 Å². The molecule has 0 saturated carbocycles. The second-order valence-corrected chi connectivity index (χ2v) is 9.14. The SMILES string of the molecule is COC[C@@H](F)CN(CCCCc1ccc2c(n1)NCCC2)CCC(NC(=O)c1ccnn1C)C(=O)O. The molecule has 0 saturated heterocycles. The molecule has 1 unspecified atom stereocenters. The first kappa shape index (κ1) is 27.5. The van der Waals surface area contributed by atoms with Crippen molar-refractivity contribution in [3.8, 4) is 0 Å². The van der Waals surface area contributed by atoms with E-state index in [9.17, 15) is 19.1 Å². The van der Waals surface area contributed by atoms with E-state index in [1.54, 1.807) is 7.05 Å². The molecule has 2 atom stereocenters. The fourth-order valence-corrected chi connectivity index (χ4v) is 4.36. The van der Waals surface area contributed by atoms with Gasteiger partial charge in [-0.2, -0.15) is 5.10 Å². The Kier molecular flexibility index (Phi) is 10.6. The van der Waals surface area contributed by atoms with Crippen LogP contribution in [0, 0.1) is 0 Å². The number of carboxylic acid groups (broad SMARTS) is 1. The van der Waals surface area contributed by atoms with Gasteiger partial charge in [-0.15, -0.1) is 0 Å². The maximum atomic E-state index is 14.3. The van der Waals surface area contributed by atoms with E-state index in [0.717, 1.165) is 50.2 Å². The smallest absolute Gasteiger partial charge is 0.326 e. The molecule has 2 aromatic heterocycles. The molecule has 10 nitrogen and oxygen atoms in total. The standard InChI is InChI=1S/C25H37FN6O4/c1-31-22(10-13-28-31)24(33)30-21(25(34)35)11-15-32(16-19(26)17-36-2)14-4-3-7-20-9-8-18-6-5-12-27-23(18)29-20/h8-10,13,19,21H,3-7,11-12,14-17H2,1-2H3,(H,27,29)(H,30,33)(H,34,35)/t19-,21?/m0/s1. The largest absolute Gasteiger partial charge is 0.480 e. The topological polar surface area (TPSA) is 122 Å². The molecular formula is C25H37FN6O4. The van der Waals surface area contributed by atoms with Crippen molar-refractivity contribution in [1.82, 2.24) is 25.0 Å². The van der Waals surface area contributed by atoms with Gasteiger partial charge >= 0.3 is 5.97 Å². The van der Waals surface area contributed by atoms with Crippen molar-refractivity contribution in [1.29, 1.82) is 0 Å². The number of aromatic nitrogens is 3. The molecule has 2 aromatic rings. The number of aliphatic carboxylic acids is 1. The fraction of sp³-hybridized carbons (Fsp3) is 0.600. The fourth-order valence-electron chi connectivity index (χ4n) is 4.36. The van der Waals surface area contributed by atoms with E-state index in [0.29, 0.717) is 13.1 Å². The van der Waals surface area contributed by atoms with Crippen molar-refractivity contribution in [2.24, 2.45) is 7.05 Å². The monoisotopic (exact) mass is 504 g/mol. The molecule has 3 rings (SSSR count). The van der Waals surface area contributed by atoms with Gasteiger partial charge in [-0.05, 0) is 62.8 Å². The van der Waals surface area contributed by atoms with Crippen LogP contribution in [-0.4, -0.2) is 88.8 Å². The number of methoxy groups -OCH3 is 1. The van der Waals surface area contributed by atoms with Gasteiger partial charge in [-0.25, -0.2) is 14.2 Å². The highest BCUT2D eigenvalue weighted by atomic mass is 19.1. The highest BCUT2D eigenvalue weighted by Crippen LogP contribution is 2.20. The second kappa shape index (κ2) is 13.9. The van der Waals surface area contributed by atoms with Gasteiger partial charge in [0.25, 0.3) is 5.91 Å². The highest BCUT2D eigenvalue weighted by molar-refractivity contribution is 5.95. The van der Waals surface area contributed by atoms with Crippen LogP contribution in [0.15, 0.2) is 24.4 Å². The van der Waals surface area contributed by atoms with Gasteiger partial charge in [-0.1, -0.05) is 6.07 Å². The first-order valence-electron chi connectivity index (χ1n) is 12.5. The van der Waals surface area contributed by atoms with Crippen LogP contribution in [-0.2, 0) is 29.4 Å². The number of halogens is 1. The van der Waals surface area contributed by atoms with E-state index < -0.39 is 24.1 Å². The van der Waals surface area contributed by atoms with Gasteiger partial charge in [-0.3, -0.25) is 9.48 Å². The summed E-state index contributed by atoms with van der Waals surface area (Å²) in [6.45, 7) is 1.99. The number of alkyl halides is 1. The molecule has 3 N–H and O–H groups in total. The molecular weight excluding hydrogens is 467 g/mol. The minimum absolute atomic E-state index is 0.0257. The molecule has 0 radical (unpaired) electrons.